The molecule has 0 bridgehead atoms. The van der Waals surface area contributed by atoms with Crippen molar-refractivity contribution >= 4 is 12.1 Å². The zero-order chi connectivity index (χ0) is 18.5. The minimum atomic E-state index is -1.56. The number of carboxylic acid groups (broad SMARTS) is 1. The predicted octanol–water partition coefficient (Wildman–Crippen LogP) is 1.37. The van der Waals surface area contributed by atoms with Crippen LogP contribution in [0.25, 0.3) is 0 Å². The Bertz CT molecular complexity index is 599. The first-order chi connectivity index (χ1) is 11.0. The number of halogens is 1. The van der Waals surface area contributed by atoms with E-state index in [4.69, 9.17) is 9.84 Å². The molecule has 0 aromatic heterocycles. The average Bonchev–Trinajstić information content (AvgIpc) is 2.43. The van der Waals surface area contributed by atoms with E-state index in [0.29, 0.717) is 0 Å². The third kappa shape index (κ3) is 6.51. The van der Waals surface area contributed by atoms with Crippen LogP contribution in [0.4, 0.5) is 9.18 Å². The van der Waals surface area contributed by atoms with Crippen LogP contribution in [-0.2, 0) is 16.0 Å². The van der Waals surface area contributed by atoms with Gasteiger partial charge in [0.25, 0.3) is 0 Å². The summed E-state index contributed by atoms with van der Waals surface area (Å²) in [7, 11) is 0. The van der Waals surface area contributed by atoms with Crippen LogP contribution in [0.5, 0.6) is 0 Å². The third-order valence-corrected chi connectivity index (χ3v) is 2.99. The Labute approximate surface area is 139 Å². The maximum absolute atomic E-state index is 13.4. The summed E-state index contributed by atoms with van der Waals surface area (Å²) in [5, 5.41) is 31.3. The first-order valence-electron chi connectivity index (χ1n) is 7.32. The largest absolute Gasteiger partial charge is 0.481 e. The van der Waals surface area contributed by atoms with Crippen molar-refractivity contribution in [3.63, 3.8) is 0 Å². The minimum absolute atomic E-state index is 0.0455. The zero-order valence-electron chi connectivity index (χ0n) is 13.7. The molecule has 0 aliphatic rings. The van der Waals surface area contributed by atoms with Crippen LogP contribution in [0.3, 0.4) is 0 Å². The van der Waals surface area contributed by atoms with Gasteiger partial charge in [-0.3, -0.25) is 4.79 Å². The molecule has 0 saturated carbocycles. The monoisotopic (exact) mass is 343 g/mol. The van der Waals surface area contributed by atoms with Gasteiger partial charge >= 0.3 is 12.1 Å². The first-order valence-corrected chi connectivity index (χ1v) is 7.32. The Morgan fingerprint density at radius 2 is 1.92 bits per heavy atom. The SMILES string of the molecule is CC(C)(C)OC(=O)NCC(O)C(O)c1cc(F)ccc1CC(=O)O. The number of nitrogens with one attached hydrogen (secondary N) is 1. The van der Waals surface area contributed by atoms with E-state index >= 15 is 0 Å². The van der Waals surface area contributed by atoms with E-state index in [9.17, 15) is 24.2 Å². The summed E-state index contributed by atoms with van der Waals surface area (Å²) in [6.07, 6.45) is -4.24. The highest BCUT2D eigenvalue weighted by atomic mass is 19.1. The third-order valence-electron chi connectivity index (χ3n) is 2.99. The number of rotatable bonds is 6. The molecule has 4 N–H and O–H groups in total. The molecule has 1 aromatic rings. The van der Waals surface area contributed by atoms with Crippen molar-refractivity contribution in [1.29, 1.82) is 0 Å². The van der Waals surface area contributed by atoms with Crippen molar-refractivity contribution in [2.24, 2.45) is 0 Å². The number of carboxylic acids is 1. The summed E-state index contributed by atoms with van der Waals surface area (Å²) in [5.41, 5.74) is -0.589. The van der Waals surface area contributed by atoms with Gasteiger partial charge in [-0.2, -0.15) is 0 Å². The van der Waals surface area contributed by atoms with Crippen LogP contribution >= 0.6 is 0 Å². The highest BCUT2D eigenvalue weighted by Gasteiger charge is 2.24. The van der Waals surface area contributed by atoms with Gasteiger partial charge < -0.3 is 25.4 Å². The van der Waals surface area contributed by atoms with Crippen molar-refractivity contribution in [2.75, 3.05) is 6.54 Å². The standard InChI is InChI=1S/C16H22FNO6/c1-16(2,3)24-15(23)18-8-12(19)14(22)11-7-10(17)5-4-9(11)6-13(20)21/h4-5,7,12,14,19,22H,6,8H2,1-3H3,(H,18,23)(H,20,21). The average molecular weight is 343 g/mol. The van der Waals surface area contributed by atoms with Gasteiger partial charge in [-0.25, -0.2) is 9.18 Å². The number of ether oxygens (including phenoxy) is 1. The number of carbonyl (C=O) groups excluding carboxylic acids is 1. The zero-order valence-corrected chi connectivity index (χ0v) is 13.7. The Balaban J connectivity index is 2.78. The molecule has 0 heterocycles. The second-order valence-electron chi connectivity index (χ2n) is 6.31. The number of carbonyl (C=O) groups is 2. The lowest BCUT2D eigenvalue weighted by Gasteiger charge is -2.23. The summed E-state index contributed by atoms with van der Waals surface area (Å²) in [6.45, 7) is 4.66. The lowest BCUT2D eigenvalue weighted by Crippen LogP contribution is -2.39. The maximum Gasteiger partial charge on any atom is 0.407 e. The van der Waals surface area contributed by atoms with Crippen molar-refractivity contribution in [1.82, 2.24) is 5.32 Å². The second kappa shape index (κ2) is 8.07. The summed E-state index contributed by atoms with van der Waals surface area (Å²) in [4.78, 5) is 22.4. The lowest BCUT2D eigenvalue weighted by molar-refractivity contribution is -0.136. The molecule has 2 unspecified atom stereocenters. The van der Waals surface area contributed by atoms with Gasteiger partial charge in [0.1, 0.15) is 23.6 Å². The smallest absolute Gasteiger partial charge is 0.407 e. The van der Waals surface area contributed by atoms with E-state index in [1.165, 1.54) is 6.07 Å². The van der Waals surface area contributed by atoms with E-state index < -0.39 is 42.1 Å². The second-order valence-corrected chi connectivity index (χ2v) is 6.31. The predicted molar refractivity (Wildman–Crippen MR) is 82.9 cm³/mol. The molecule has 0 fully saturated rings. The number of aliphatic carboxylic acids is 1. The Morgan fingerprint density at radius 3 is 2.46 bits per heavy atom. The summed E-state index contributed by atoms with van der Waals surface area (Å²) >= 11 is 0. The number of amides is 1. The van der Waals surface area contributed by atoms with Gasteiger partial charge in [-0.1, -0.05) is 6.07 Å². The molecule has 0 spiro atoms. The molecule has 8 heteroatoms. The van der Waals surface area contributed by atoms with Crippen LogP contribution in [-0.4, -0.2) is 45.6 Å². The minimum Gasteiger partial charge on any atom is -0.481 e. The fourth-order valence-electron chi connectivity index (χ4n) is 1.99. The molecule has 1 rings (SSSR count). The lowest BCUT2D eigenvalue weighted by atomic mass is 9.96. The molecule has 2 atom stereocenters. The molecular weight excluding hydrogens is 321 g/mol. The van der Waals surface area contributed by atoms with Crippen LogP contribution < -0.4 is 5.32 Å². The van der Waals surface area contributed by atoms with Crippen LogP contribution in [0.2, 0.25) is 0 Å². The topological polar surface area (TPSA) is 116 Å². The van der Waals surface area contributed by atoms with Crippen LogP contribution in [0, 0.1) is 5.82 Å². The van der Waals surface area contributed by atoms with E-state index in [0.717, 1.165) is 12.1 Å². The quantitative estimate of drug-likeness (QED) is 0.620. The molecule has 1 aromatic carbocycles. The molecule has 0 aliphatic heterocycles. The van der Waals surface area contributed by atoms with Crippen LogP contribution in [0.1, 0.15) is 38.0 Å². The summed E-state index contributed by atoms with van der Waals surface area (Å²) in [5.74, 6) is -1.83. The molecule has 134 valence electrons. The Kier molecular flexibility index (Phi) is 6.68. The van der Waals surface area contributed by atoms with Gasteiger partial charge in [0.2, 0.25) is 0 Å². The van der Waals surface area contributed by atoms with Crippen molar-refractivity contribution in [3.8, 4) is 0 Å². The molecule has 1 amide bonds. The molecule has 0 saturated heterocycles. The Hall–Kier alpha value is -2.19. The fourth-order valence-corrected chi connectivity index (χ4v) is 1.99. The molecular formula is C16H22FNO6. The van der Waals surface area contributed by atoms with Crippen molar-refractivity contribution in [3.05, 3.63) is 35.1 Å². The number of hydrogen-bond acceptors (Lipinski definition) is 5. The van der Waals surface area contributed by atoms with Crippen LogP contribution in [0.15, 0.2) is 18.2 Å². The highest BCUT2D eigenvalue weighted by Crippen LogP contribution is 2.23. The van der Waals surface area contributed by atoms with Crippen molar-refractivity contribution in [2.45, 2.75) is 45.0 Å². The molecule has 0 aliphatic carbocycles. The van der Waals surface area contributed by atoms with E-state index in [-0.39, 0.29) is 17.7 Å². The first kappa shape index (κ1) is 19.9. The molecule has 24 heavy (non-hydrogen) atoms. The van der Waals surface area contributed by atoms with Gasteiger partial charge in [-0.05, 0) is 44.0 Å². The van der Waals surface area contributed by atoms with E-state index in [2.05, 4.69) is 5.32 Å². The fraction of sp³-hybridized carbons (Fsp3) is 0.500. The van der Waals surface area contributed by atoms with Crippen molar-refractivity contribution < 1.29 is 34.0 Å². The number of aliphatic hydroxyl groups is 2. The number of hydrogen-bond donors (Lipinski definition) is 4. The van der Waals surface area contributed by atoms with Gasteiger partial charge in [0, 0.05) is 6.54 Å². The summed E-state index contributed by atoms with van der Waals surface area (Å²) < 4.78 is 18.4. The number of alkyl carbamates (subject to hydrolysis) is 1. The van der Waals surface area contributed by atoms with E-state index in [1.54, 1.807) is 20.8 Å². The molecule has 0 radical (unpaired) electrons. The summed E-state index contributed by atoms with van der Waals surface area (Å²) in [6, 6.07) is 3.26. The van der Waals surface area contributed by atoms with E-state index in [1.807, 2.05) is 0 Å². The van der Waals surface area contributed by atoms with Gasteiger partial charge in [0.05, 0.1) is 6.42 Å². The number of benzene rings is 1. The Morgan fingerprint density at radius 1 is 1.29 bits per heavy atom. The molecule has 7 nitrogen and oxygen atoms in total. The number of aliphatic hydroxyl groups excluding tert-OH is 2. The maximum atomic E-state index is 13.4. The highest BCUT2D eigenvalue weighted by molar-refractivity contribution is 5.71. The van der Waals surface area contributed by atoms with Gasteiger partial charge in [0.15, 0.2) is 0 Å². The normalized spacial score (nSPS) is 13.9. The van der Waals surface area contributed by atoms with Gasteiger partial charge in [-0.15, -0.1) is 0 Å².